The minimum absolute atomic E-state index is 0.0678. The number of aromatic nitrogens is 1. The summed E-state index contributed by atoms with van der Waals surface area (Å²) >= 11 is 1.50. The van der Waals surface area contributed by atoms with Gasteiger partial charge >= 0.3 is 0 Å². The van der Waals surface area contributed by atoms with Gasteiger partial charge in [-0.3, -0.25) is 4.79 Å². The highest BCUT2D eigenvalue weighted by atomic mass is 32.1. The summed E-state index contributed by atoms with van der Waals surface area (Å²) in [6, 6.07) is 20.2. The number of carbonyl (C=O) groups is 1. The highest BCUT2D eigenvalue weighted by Crippen LogP contribution is 2.27. The summed E-state index contributed by atoms with van der Waals surface area (Å²) < 4.78 is 5.45. The van der Waals surface area contributed by atoms with Crippen LogP contribution in [0.4, 0.5) is 10.8 Å². The maximum atomic E-state index is 12.7. The summed E-state index contributed by atoms with van der Waals surface area (Å²) in [5.41, 5.74) is 3.23. The van der Waals surface area contributed by atoms with Crippen molar-refractivity contribution in [3.05, 3.63) is 76.8 Å². The van der Waals surface area contributed by atoms with E-state index in [0.717, 1.165) is 28.2 Å². The van der Waals surface area contributed by atoms with E-state index >= 15 is 0 Å². The molecule has 0 saturated heterocycles. The van der Waals surface area contributed by atoms with Gasteiger partial charge in [-0.1, -0.05) is 59.9 Å². The molecular weight excluding hydrogens is 358 g/mol. The van der Waals surface area contributed by atoms with Crippen molar-refractivity contribution in [3.63, 3.8) is 0 Å². The van der Waals surface area contributed by atoms with Gasteiger partial charge < -0.3 is 15.0 Å². The lowest BCUT2D eigenvalue weighted by Crippen LogP contribution is -2.32. The first kappa shape index (κ1) is 17.7. The normalized spacial score (nSPS) is 13.0. The Morgan fingerprint density at radius 3 is 2.59 bits per heavy atom. The molecule has 1 amide bonds. The number of anilines is 2. The quantitative estimate of drug-likeness (QED) is 0.707. The summed E-state index contributed by atoms with van der Waals surface area (Å²) in [4.78, 5) is 20.4. The van der Waals surface area contributed by atoms with E-state index in [1.54, 1.807) is 0 Å². The second-order valence-corrected chi connectivity index (χ2v) is 7.50. The maximum absolute atomic E-state index is 12.7. The first-order valence-corrected chi connectivity index (χ1v) is 9.80. The molecule has 0 spiro atoms. The van der Waals surface area contributed by atoms with Crippen LogP contribution >= 0.6 is 11.3 Å². The van der Waals surface area contributed by atoms with Crippen LogP contribution in [-0.2, 0) is 29.1 Å². The second-order valence-electron chi connectivity index (χ2n) is 6.42. The molecule has 0 bridgehead atoms. The molecule has 0 unspecified atom stereocenters. The van der Waals surface area contributed by atoms with E-state index < -0.39 is 0 Å². The minimum Gasteiger partial charge on any atom is -0.375 e. The smallest absolute Gasteiger partial charge is 0.245 e. The third-order valence-corrected chi connectivity index (χ3v) is 5.40. The third-order valence-electron chi connectivity index (χ3n) is 4.41. The zero-order valence-corrected chi connectivity index (χ0v) is 15.7. The first-order valence-electron chi connectivity index (χ1n) is 8.98. The number of benzene rings is 2. The predicted molar refractivity (Wildman–Crippen MR) is 108 cm³/mol. The number of fused-ring (bicyclic) bond motifs is 1. The molecule has 5 nitrogen and oxygen atoms in total. The maximum Gasteiger partial charge on any atom is 0.245 e. The van der Waals surface area contributed by atoms with Crippen LogP contribution in [0.5, 0.6) is 0 Å². The number of rotatable bonds is 6. The lowest BCUT2D eigenvalue weighted by atomic mass is 10.2. The van der Waals surface area contributed by atoms with Crippen LogP contribution in [0.25, 0.3) is 0 Å². The molecule has 0 aliphatic carbocycles. The molecule has 4 rings (SSSR count). The Morgan fingerprint density at radius 1 is 1.11 bits per heavy atom. The van der Waals surface area contributed by atoms with Crippen molar-refractivity contribution in [3.8, 4) is 0 Å². The average molecular weight is 379 g/mol. The van der Waals surface area contributed by atoms with E-state index in [4.69, 9.17) is 4.74 Å². The lowest BCUT2D eigenvalue weighted by molar-refractivity contribution is -0.115. The summed E-state index contributed by atoms with van der Waals surface area (Å²) in [7, 11) is 0. The number of nitrogens with one attached hydrogen (secondary N) is 1. The van der Waals surface area contributed by atoms with Gasteiger partial charge in [-0.15, -0.1) is 0 Å². The molecule has 0 radical (unpaired) electrons. The molecular formula is C21H21N3O2S. The summed E-state index contributed by atoms with van der Waals surface area (Å²) in [5.74, 6) is -0.0678. The number of amides is 1. The number of hydrogen-bond donors (Lipinski definition) is 1. The van der Waals surface area contributed by atoms with Crippen LogP contribution in [0, 0.1) is 0 Å². The molecule has 6 heteroatoms. The van der Waals surface area contributed by atoms with Crippen molar-refractivity contribution < 1.29 is 9.53 Å². The summed E-state index contributed by atoms with van der Waals surface area (Å²) in [5, 5.41) is 3.61. The highest BCUT2D eigenvalue weighted by Gasteiger charge is 2.18. The van der Waals surface area contributed by atoms with Crippen molar-refractivity contribution in [1.29, 1.82) is 0 Å². The van der Waals surface area contributed by atoms with Gasteiger partial charge in [-0.25, -0.2) is 4.98 Å². The molecule has 0 saturated carbocycles. The number of thiazole rings is 1. The van der Waals surface area contributed by atoms with E-state index in [9.17, 15) is 4.79 Å². The largest absolute Gasteiger partial charge is 0.375 e. The molecule has 27 heavy (non-hydrogen) atoms. The zero-order chi connectivity index (χ0) is 18.5. The van der Waals surface area contributed by atoms with Crippen LogP contribution in [0.2, 0.25) is 0 Å². The van der Waals surface area contributed by atoms with Gasteiger partial charge in [0.2, 0.25) is 5.91 Å². The van der Waals surface area contributed by atoms with Crippen LogP contribution in [-0.4, -0.2) is 24.0 Å². The van der Waals surface area contributed by atoms with E-state index in [2.05, 4.69) is 27.3 Å². The highest BCUT2D eigenvalue weighted by molar-refractivity contribution is 7.15. The molecule has 1 aliphatic rings. The molecule has 0 atom stereocenters. The van der Waals surface area contributed by atoms with Gasteiger partial charge in [-0.2, -0.15) is 0 Å². The fraction of sp³-hybridized carbons (Fsp3) is 0.238. The van der Waals surface area contributed by atoms with Gasteiger partial charge in [0.05, 0.1) is 30.3 Å². The first-order chi connectivity index (χ1) is 13.3. The van der Waals surface area contributed by atoms with Gasteiger partial charge in [0.15, 0.2) is 5.13 Å². The fourth-order valence-electron chi connectivity index (χ4n) is 3.09. The topological polar surface area (TPSA) is 54.5 Å². The number of para-hydroxylation sites is 1. The Labute approximate surface area is 162 Å². The molecule has 2 heterocycles. The Hall–Kier alpha value is -2.70. The van der Waals surface area contributed by atoms with Gasteiger partial charge in [0.25, 0.3) is 0 Å². The summed E-state index contributed by atoms with van der Waals surface area (Å²) in [6.07, 6.45) is 0.811. The van der Waals surface area contributed by atoms with Crippen molar-refractivity contribution in [2.24, 2.45) is 0 Å². The number of ether oxygens (including phenoxy) is 1. The van der Waals surface area contributed by atoms with E-state index in [1.165, 1.54) is 11.3 Å². The molecule has 1 aromatic heterocycles. The van der Waals surface area contributed by atoms with Gasteiger partial charge in [0, 0.05) is 18.7 Å². The number of hydrogen-bond acceptors (Lipinski definition) is 5. The van der Waals surface area contributed by atoms with Gasteiger partial charge in [0.1, 0.15) is 0 Å². The van der Waals surface area contributed by atoms with Crippen LogP contribution in [0.15, 0.2) is 60.7 Å². The molecule has 3 aromatic rings. The molecule has 1 aliphatic heterocycles. The Morgan fingerprint density at radius 2 is 1.85 bits per heavy atom. The van der Waals surface area contributed by atoms with Gasteiger partial charge in [-0.05, 0) is 17.7 Å². The molecule has 138 valence electrons. The Kier molecular flexibility index (Phi) is 5.46. The van der Waals surface area contributed by atoms with E-state index in [0.29, 0.717) is 24.9 Å². The number of carbonyl (C=O) groups excluding carboxylic acids is 1. The third kappa shape index (κ3) is 4.53. The molecule has 0 fully saturated rings. The summed E-state index contributed by atoms with van der Waals surface area (Å²) in [6.45, 7) is 2.22. The Balaban J connectivity index is 1.47. The van der Waals surface area contributed by atoms with Crippen LogP contribution in [0.1, 0.15) is 16.1 Å². The van der Waals surface area contributed by atoms with Crippen molar-refractivity contribution >= 4 is 28.1 Å². The lowest BCUT2D eigenvalue weighted by Gasteiger charge is -2.24. The molecule has 2 aromatic carbocycles. The van der Waals surface area contributed by atoms with E-state index in [1.807, 2.05) is 48.5 Å². The van der Waals surface area contributed by atoms with Crippen LogP contribution < -0.4 is 10.2 Å². The standard InChI is InChI=1S/C21H21N3O2S/c25-20(23-21-22-18-11-12-26-15-19(18)27-21)14-24(17-9-5-2-6-10-17)13-16-7-3-1-4-8-16/h1-10H,11-15H2,(H,22,23,25). The second kappa shape index (κ2) is 8.33. The fourth-order valence-corrected chi connectivity index (χ4v) is 4.05. The van der Waals surface area contributed by atoms with Crippen LogP contribution in [0.3, 0.4) is 0 Å². The van der Waals surface area contributed by atoms with Crippen molar-refractivity contribution in [2.45, 2.75) is 19.6 Å². The SMILES string of the molecule is O=C(CN(Cc1ccccc1)c1ccccc1)Nc1nc2c(s1)COCC2. The van der Waals surface area contributed by atoms with Crippen molar-refractivity contribution in [1.82, 2.24) is 4.98 Å². The van der Waals surface area contributed by atoms with E-state index in [-0.39, 0.29) is 12.5 Å². The average Bonchev–Trinajstić information content (AvgIpc) is 3.11. The predicted octanol–water partition coefficient (Wildman–Crippen LogP) is 3.86. The Bertz CT molecular complexity index is 873. The number of nitrogens with zero attached hydrogens (tertiary/aromatic N) is 2. The monoisotopic (exact) mass is 379 g/mol. The molecule has 1 N–H and O–H groups in total. The minimum atomic E-state index is -0.0678. The van der Waals surface area contributed by atoms with Crippen molar-refractivity contribution in [2.75, 3.05) is 23.4 Å². The zero-order valence-electron chi connectivity index (χ0n) is 14.9.